The Kier molecular flexibility index (Phi) is 5.80. The van der Waals surface area contributed by atoms with E-state index in [1.807, 2.05) is 11.1 Å². The van der Waals surface area contributed by atoms with Crippen LogP contribution in [0.2, 0.25) is 18.1 Å². The van der Waals surface area contributed by atoms with Crippen molar-refractivity contribution in [3.8, 4) is 0 Å². The maximum absolute atomic E-state index is 13.3. The minimum Gasteiger partial charge on any atom is -0.415 e. The molecule has 1 amide bonds. The molecular weight excluding hydrogens is 356 g/mol. The zero-order valence-corrected chi connectivity index (χ0v) is 18.7. The summed E-state index contributed by atoms with van der Waals surface area (Å²) in [5.41, 5.74) is 2.35. The Balaban J connectivity index is 1.83. The van der Waals surface area contributed by atoms with E-state index in [1.165, 1.54) is 5.56 Å². The maximum Gasteiger partial charge on any atom is 0.232 e. The van der Waals surface area contributed by atoms with E-state index in [0.29, 0.717) is 19.8 Å². The summed E-state index contributed by atoms with van der Waals surface area (Å²) in [6, 6.07) is 2.21. The SMILES string of the molecule is Cc1cnc2c(c1)C1CCOCCC1C(=O)N2CCO[Si](C)(C)C(C)(C)C. The van der Waals surface area contributed by atoms with E-state index in [4.69, 9.17) is 9.16 Å². The third-order valence-corrected chi connectivity index (χ3v) is 11.0. The van der Waals surface area contributed by atoms with Crippen LogP contribution in [0.3, 0.4) is 0 Å². The van der Waals surface area contributed by atoms with Gasteiger partial charge < -0.3 is 9.16 Å². The van der Waals surface area contributed by atoms with Gasteiger partial charge in [-0.3, -0.25) is 9.69 Å². The Morgan fingerprint density at radius 2 is 1.93 bits per heavy atom. The average Bonchev–Trinajstić information content (AvgIpc) is 2.83. The van der Waals surface area contributed by atoms with E-state index < -0.39 is 8.32 Å². The fourth-order valence-corrected chi connectivity index (χ4v) is 4.84. The van der Waals surface area contributed by atoms with Gasteiger partial charge in [-0.1, -0.05) is 26.8 Å². The molecule has 0 aromatic carbocycles. The second kappa shape index (κ2) is 7.64. The van der Waals surface area contributed by atoms with E-state index in [9.17, 15) is 4.79 Å². The topological polar surface area (TPSA) is 51.7 Å². The first-order valence-corrected chi connectivity index (χ1v) is 13.0. The molecule has 0 aliphatic carbocycles. The fourth-order valence-electron chi connectivity index (χ4n) is 3.81. The standard InChI is InChI=1S/C21H34N2O3Si/c1-15-13-18-16-7-10-25-11-8-17(16)20(24)23(19(18)22-14-15)9-12-26-27(5,6)21(2,3)4/h13-14,16-17H,7-12H2,1-6H3. The number of hydrogen-bond donors (Lipinski definition) is 0. The largest absolute Gasteiger partial charge is 0.415 e. The summed E-state index contributed by atoms with van der Waals surface area (Å²) in [5, 5.41) is 0.163. The maximum atomic E-state index is 13.3. The van der Waals surface area contributed by atoms with Crippen molar-refractivity contribution in [1.82, 2.24) is 4.98 Å². The van der Waals surface area contributed by atoms with Crippen LogP contribution in [-0.4, -0.2) is 45.6 Å². The van der Waals surface area contributed by atoms with Crippen molar-refractivity contribution in [1.29, 1.82) is 0 Å². The lowest BCUT2D eigenvalue weighted by Crippen LogP contribution is -2.47. The van der Waals surface area contributed by atoms with Gasteiger partial charge in [-0.05, 0) is 49.0 Å². The van der Waals surface area contributed by atoms with Crippen molar-refractivity contribution in [3.05, 3.63) is 23.4 Å². The van der Waals surface area contributed by atoms with E-state index in [2.05, 4.69) is 51.8 Å². The van der Waals surface area contributed by atoms with Crippen LogP contribution in [0.5, 0.6) is 0 Å². The van der Waals surface area contributed by atoms with Gasteiger partial charge in [-0.15, -0.1) is 0 Å². The lowest BCUT2D eigenvalue weighted by atomic mass is 9.78. The first-order valence-electron chi connectivity index (χ1n) is 10.1. The summed E-state index contributed by atoms with van der Waals surface area (Å²) in [6.07, 6.45) is 3.54. The van der Waals surface area contributed by atoms with Gasteiger partial charge in [0.15, 0.2) is 8.32 Å². The molecule has 0 radical (unpaired) electrons. The van der Waals surface area contributed by atoms with E-state index in [1.54, 1.807) is 0 Å². The van der Waals surface area contributed by atoms with Gasteiger partial charge in [0, 0.05) is 37.8 Å². The number of rotatable bonds is 4. The molecule has 1 aromatic rings. The molecule has 2 aliphatic rings. The molecule has 3 rings (SSSR count). The Labute approximate surface area is 164 Å². The van der Waals surface area contributed by atoms with Crippen molar-refractivity contribution < 1.29 is 14.0 Å². The van der Waals surface area contributed by atoms with Crippen molar-refractivity contribution in [2.24, 2.45) is 5.92 Å². The van der Waals surface area contributed by atoms with Gasteiger partial charge >= 0.3 is 0 Å². The van der Waals surface area contributed by atoms with Crippen LogP contribution in [0.15, 0.2) is 12.3 Å². The summed E-state index contributed by atoms with van der Waals surface area (Å²) < 4.78 is 12.0. The highest BCUT2D eigenvalue weighted by molar-refractivity contribution is 6.74. The smallest absolute Gasteiger partial charge is 0.232 e. The molecule has 2 atom stereocenters. The molecule has 6 heteroatoms. The first kappa shape index (κ1) is 20.5. The molecule has 3 heterocycles. The van der Waals surface area contributed by atoms with Crippen LogP contribution >= 0.6 is 0 Å². The minimum absolute atomic E-state index is 0.00327. The van der Waals surface area contributed by atoms with Crippen LogP contribution in [0.1, 0.15) is 50.7 Å². The van der Waals surface area contributed by atoms with Gasteiger partial charge in [-0.2, -0.15) is 0 Å². The van der Waals surface area contributed by atoms with Crippen LogP contribution < -0.4 is 4.90 Å². The minimum atomic E-state index is -1.83. The molecule has 0 N–H and O–H groups in total. The number of fused-ring (bicyclic) bond motifs is 3. The number of ether oxygens (including phenoxy) is 1. The number of pyridine rings is 1. The predicted molar refractivity (Wildman–Crippen MR) is 111 cm³/mol. The summed E-state index contributed by atoms with van der Waals surface area (Å²) in [5.74, 6) is 1.23. The molecule has 27 heavy (non-hydrogen) atoms. The number of aromatic nitrogens is 1. The number of aryl methyl sites for hydroxylation is 1. The van der Waals surface area contributed by atoms with Crippen LogP contribution in [0.4, 0.5) is 5.82 Å². The van der Waals surface area contributed by atoms with Gasteiger partial charge in [-0.25, -0.2) is 4.98 Å². The number of carbonyl (C=O) groups is 1. The van der Waals surface area contributed by atoms with Crippen molar-refractivity contribution in [2.45, 2.75) is 64.6 Å². The Hall–Kier alpha value is -1.24. The summed E-state index contributed by atoms with van der Waals surface area (Å²) in [6.45, 7) is 15.8. The number of nitrogens with zero attached hydrogens (tertiary/aromatic N) is 2. The second-order valence-corrected chi connectivity index (χ2v) is 14.2. The molecule has 1 fully saturated rings. The lowest BCUT2D eigenvalue weighted by Gasteiger charge is -2.39. The monoisotopic (exact) mass is 390 g/mol. The highest BCUT2D eigenvalue weighted by Crippen LogP contribution is 2.43. The second-order valence-electron chi connectivity index (χ2n) is 9.43. The van der Waals surface area contributed by atoms with Crippen molar-refractivity contribution >= 4 is 20.0 Å². The van der Waals surface area contributed by atoms with E-state index >= 15 is 0 Å². The zero-order valence-electron chi connectivity index (χ0n) is 17.7. The number of amides is 1. The molecule has 0 saturated carbocycles. The highest BCUT2D eigenvalue weighted by Gasteiger charge is 2.42. The van der Waals surface area contributed by atoms with E-state index in [-0.39, 0.29) is 22.8 Å². The van der Waals surface area contributed by atoms with E-state index in [0.717, 1.165) is 30.8 Å². The molecule has 1 saturated heterocycles. The quantitative estimate of drug-likeness (QED) is 0.721. The molecule has 2 aliphatic heterocycles. The third-order valence-electron chi connectivity index (χ3n) is 6.49. The van der Waals surface area contributed by atoms with Crippen LogP contribution in [0.25, 0.3) is 0 Å². The molecule has 0 spiro atoms. The Morgan fingerprint density at radius 3 is 2.59 bits per heavy atom. The molecule has 5 nitrogen and oxygen atoms in total. The third kappa shape index (κ3) is 4.12. The summed E-state index contributed by atoms with van der Waals surface area (Å²) in [7, 11) is -1.83. The Morgan fingerprint density at radius 1 is 1.26 bits per heavy atom. The average molecular weight is 391 g/mol. The van der Waals surface area contributed by atoms with Crippen LogP contribution in [0, 0.1) is 12.8 Å². The number of hydrogen-bond acceptors (Lipinski definition) is 4. The van der Waals surface area contributed by atoms with Crippen molar-refractivity contribution in [3.63, 3.8) is 0 Å². The molecule has 0 bridgehead atoms. The van der Waals surface area contributed by atoms with Crippen molar-refractivity contribution in [2.75, 3.05) is 31.3 Å². The van der Waals surface area contributed by atoms with Crippen LogP contribution in [-0.2, 0) is 14.0 Å². The van der Waals surface area contributed by atoms with Gasteiger partial charge in [0.1, 0.15) is 5.82 Å². The molecular formula is C21H34N2O3Si. The van der Waals surface area contributed by atoms with Gasteiger partial charge in [0.2, 0.25) is 5.91 Å². The first-order chi connectivity index (χ1) is 12.6. The Bertz CT molecular complexity index is 699. The molecule has 1 aromatic heterocycles. The lowest BCUT2D eigenvalue weighted by molar-refractivity contribution is -0.124. The van der Waals surface area contributed by atoms with Gasteiger partial charge in [0.25, 0.3) is 0 Å². The fraction of sp³-hybridized carbons (Fsp3) is 0.714. The molecule has 2 unspecified atom stereocenters. The summed E-state index contributed by atoms with van der Waals surface area (Å²) >= 11 is 0. The number of carbonyl (C=O) groups excluding carboxylic acids is 1. The van der Waals surface area contributed by atoms with Gasteiger partial charge in [0.05, 0.1) is 6.61 Å². The highest BCUT2D eigenvalue weighted by atomic mass is 28.4. The molecule has 150 valence electrons. The number of anilines is 1. The predicted octanol–water partition coefficient (Wildman–Crippen LogP) is 4.27. The summed E-state index contributed by atoms with van der Waals surface area (Å²) in [4.78, 5) is 19.8. The zero-order chi connectivity index (χ0) is 19.8. The normalized spacial score (nSPS) is 23.6.